The SMILES string of the molecule is Cc1c(C(F)(F)F)ccc(C#N)c1N. The molecule has 1 aromatic carbocycles. The number of anilines is 1. The molecule has 2 N–H and O–H groups in total. The van der Waals surface area contributed by atoms with Crippen LogP contribution in [0.4, 0.5) is 18.9 Å². The molecule has 0 atom stereocenters. The van der Waals surface area contributed by atoms with Gasteiger partial charge in [-0.25, -0.2) is 0 Å². The van der Waals surface area contributed by atoms with Crippen molar-refractivity contribution in [2.45, 2.75) is 13.1 Å². The van der Waals surface area contributed by atoms with E-state index in [0.29, 0.717) is 0 Å². The summed E-state index contributed by atoms with van der Waals surface area (Å²) in [5, 5.41) is 8.53. The van der Waals surface area contributed by atoms with Crippen LogP contribution >= 0.6 is 0 Å². The van der Waals surface area contributed by atoms with Crippen LogP contribution in [0.1, 0.15) is 16.7 Å². The van der Waals surface area contributed by atoms with E-state index in [1.54, 1.807) is 6.07 Å². The number of hydrogen-bond acceptors (Lipinski definition) is 2. The molecule has 0 saturated carbocycles. The third kappa shape index (κ3) is 1.64. The number of benzene rings is 1. The van der Waals surface area contributed by atoms with Gasteiger partial charge in [0.25, 0.3) is 0 Å². The number of nitrogens with two attached hydrogens (primary N) is 1. The highest BCUT2D eigenvalue weighted by molar-refractivity contribution is 5.61. The van der Waals surface area contributed by atoms with Gasteiger partial charge < -0.3 is 5.73 Å². The predicted molar refractivity (Wildman–Crippen MR) is 45.3 cm³/mol. The van der Waals surface area contributed by atoms with Crippen molar-refractivity contribution >= 4 is 5.69 Å². The minimum atomic E-state index is -4.42. The molecule has 14 heavy (non-hydrogen) atoms. The van der Waals surface area contributed by atoms with E-state index in [1.165, 1.54) is 6.92 Å². The van der Waals surface area contributed by atoms with Crippen LogP contribution in [-0.2, 0) is 6.18 Å². The summed E-state index contributed by atoms with van der Waals surface area (Å²) >= 11 is 0. The van der Waals surface area contributed by atoms with Crippen LogP contribution < -0.4 is 5.73 Å². The second-order valence-electron chi connectivity index (χ2n) is 2.81. The summed E-state index contributed by atoms with van der Waals surface area (Å²) in [6.45, 7) is 1.25. The normalized spacial score (nSPS) is 11.1. The minimum absolute atomic E-state index is 0.0653. The largest absolute Gasteiger partial charge is 0.416 e. The molecule has 0 radical (unpaired) electrons. The highest BCUT2D eigenvalue weighted by Crippen LogP contribution is 2.34. The lowest BCUT2D eigenvalue weighted by atomic mass is 10.0. The topological polar surface area (TPSA) is 49.8 Å². The summed E-state index contributed by atoms with van der Waals surface area (Å²) in [6, 6.07) is 3.66. The smallest absolute Gasteiger partial charge is 0.397 e. The second kappa shape index (κ2) is 3.22. The molecule has 0 heterocycles. The Morgan fingerprint density at radius 2 is 1.93 bits per heavy atom. The zero-order valence-electron chi connectivity index (χ0n) is 7.31. The fourth-order valence-corrected chi connectivity index (χ4v) is 1.13. The predicted octanol–water partition coefficient (Wildman–Crippen LogP) is 2.47. The first-order valence-corrected chi connectivity index (χ1v) is 3.74. The van der Waals surface area contributed by atoms with Gasteiger partial charge in [-0.05, 0) is 24.6 Å². The van der Waals surface area contributed by atoms with Crippen LogP contribution in [0.2, 0.25) is 0 Å². The summed E-state index contributed by atoms with van der Waals surface area (Å²) in [6.07, 6.45) is -4.42. The number of nitrogen functional groups attached to an aromatic ring is 1. The first-order chi connectivity index (χ1) is 6.38. The van der Waals surface area contributed by atoms with Gasteiger partial charge in [0.2, 0.25) is 0 Å². The molecule has 0 aliphatic heterocycles. The van der Waals surface area contributed by atoms with Crippen LogP contribution in [0.15, 0.2) is 12.1 Å². The average Bonchev–Trinajstić information content (AvgIpc) is 2.07. The van der Waals surface area contributed by atoms with Crippen LogP contribution in [0.5, 0.6) is 0 Å². The number of hydrogen-bond donors (Lipinski definition) is 1. The molecule has 0 aliphatic carbocycles. The maximum atomic E-state index is 12.3. The van der Waals surface area contributed by atoms with Gasteiger partial charge in [-0.3, -0.25) is 0 Å². The van der Waals surface area contributed by atoms with Crippen LogP contribution in [0, 0.1) is 18.3 Å². The molecule has 5 heteroatoms. The van der Waals surface area contributed by atoms with Gasteiger partial charge in [0.05, 0.1) is 16.8 Å². The van der Waals surface area contributed by atoms with Gasteiger partial charge in [0.1, 0.15) is 6.07 Å². The van der Waals surface area contributed by atoms with E-state index in [0.717, 1.165) is 12.1 Å². The molecule has 0 unspecified atom stereocenters. The molecule has 0 bridgehead atoms. The van der Waals surface area contributed by atoms with Gasteiger partial charge in [0.15, 0.2) is 0 Å². The monoisotopic (exact) mass is 200 g/mol. The van der Waals surface area contributed by atoms with Gasteiger partial charge in [-0.2, -0.15) is 18.4 Å². The third-order valence-corrected chi connectivity index (χ3v) is 1.94. The Bertz CT molecular complexity index is 402. The summed E-state index contributed by atoms with van der Waals surface area (Å²) in [5.74, 6) is 0. The highest BCUT2D eigenvalue weighted by atomic mass is 19.4. The number of nitrogens with zero attached hydrogens (tertiary/aromatic N) is 1. The maximum Gasteiger partial charge on any atom is 0.416 e. The Labute approximate surface area is 78.8 Å². The zero-order valence-corrected chi connectivity index (χ0v) is 7.31. The summed E-state index contributed by atoms with van der Waals surface area (Å²) in [5.41, 5.74) is 4.43. The van der Waals surface area contributed by atoms with E-state index in [1.807, 2.05) is 0 Å². The molecule has 0 saturated heterocycles. The molecule has 0 aromatic heterocycles. The lowest BCUT2D eigenvalue weighted by Crippen LogP contribution is -2.09. The van der Waals surface area contributed by atoms with Crippen molar-refractivity contribution in [1.82, 2.24) is 0 Å². The quantitative estimate of drug-likeness (QED) is 0.654. The molecule has 2 nitrogen and oxygen atoms in total. The number of rotatable bonds is 0. The van der Waals surface area contributed by atoms with Crippen molar-refractivity contribution in [2.75, 3.05) is 5.73 Å². The van der Waals surface area contributed by atoms with E-state index in [-0.39, 0.29) is 16.8 Å². The zero-order chi connectivity index (χ0) is 10.9. The van der Waals surface area contributed by atoms with E-state index in [9.17, 15) is 13.2 Å². The standard InChI is InChI=1S/C9H7F3N2/c1-5-7(9(10,11)12)3-2-6(4-13)8(5)14/h2-3H,14H2,1H3. The lowest BCUT2D eigenvalue weighted by molar-refractivity contribution is -0.138. The van der Waals surface area contributed by atoms with Gasteiger partial charge in [0, 0.05) is 0 Å². The third-order valence-electron chi connectivity index (χ3n) is 1.94. The Morgan fingerprint density at radius 1 is 1.36 bits per heavy atom. The molecule has 0 fully saturated rings. The Morgan fingerprint density at radius 3 is 2.36 bits per heavy atom. The van der Waals surface area contributed by atoms with Crippen molar-refractivity contribution < 1.29 is 13.2 Å². The maximum absolute atomic E-state index is 12.3. The number of halogens is 3. The van der Waals surface area contributed by atoms with Crippen LogP contribution in [-0.4, -0.2) is 0 Å². The molecule has 0 spiro atoms. The summed E-state index contributed by atoms with van der Waals surface area (Å²) < 4.78 is 37.0. The molecule has 74 valence electrons. The average molecular weight is 200 g/mol. The van der Waals surface area contributed by atoms with E-state index in [4.69, 9.17) is 11.0 Å². The molecule has 0 aliphatic rings. The van der Waals surface area contributed by atoms with Crippen molar-refractivity contribution in [1.29, 1.82) is 5.26 Å². The fourth-order valence-electron chi connectivity index (χ4n) is 1.13. The van der Waals surface area contributed by atoms with Gasteiger partial charge >= 0.3 is 6.18 Å². The second-order valence-corrected chi connectivity index (χ2v) is 2.81. The molecular formula is C9H7F3N2. The first kappa shape index (κ1) is 10.4. The van der Waals surface area contributed by atoms with E-state index < -0.39 is 11.7 Å². The Balaban J connectivity index is 3.41. The number of nitriles is 1. The Kier molecular flexibility index (Phi) is 2.39. The van der Waals surface area contributed by atoms with Crippen molar-refractivity contribution in [2.24, 2.45) is 0 Å². The van der Waals surface area contributed by atoms with Crippen molar-refractivity contribution in [3.63, 3.8) is 0 Å². The molecular weight excluding hydrogens is 193 g/mol. The molecule has 1 aromatic rings. The van der Waals surface area contributed by atoms with E-state index in [2.05, 4.69) is 0 Å². The van der Waals surface area contributed by atoms with Crippen LogP contribution in [0.3, 0.4) is 0 Å². The molecule has 0 amide bonds. The summed E-state index contributed by atoms with van der Waals surface area (Å²) in [4.78, 5) is 0. The van der Waals surface area contributed by atoms with Gasteiger partial charge in [-0.15, -0.1) is 0 Å². The highest BCUT2D eigenvalue weighted by Gasteiger charge is 2.33. The lowest BCUT2D eigenvalue weighted by Gasteiger charge is -2.12. The Hall–Kier alpha value is -1.70. The molecule has 1 rings (SSSR count). The fraction of sp³-hybridized carbons (Fsp3) is 0.222. The van der Waals surface area contributed by atoms with E-state index >= 15 is 0 Å². The van der Waals surface area contributed by atoms with Crippen molar-refractivity contribution in [3.05, 3.63) is 28.8 Å². The minimum Gasteiger partial charge on any atom is -0.397 e. The van der Waals surface area contributed by atoms with Crippen molar-refractivity contribution in [3.8, 4) is 6.07 Å². The summed E-state index contributed by atoms with van der Waals surface area (Å²) in [7, 11) is 0. The first-order valence-electron chi connectivity index (χ1n) is 3.74. The van der Waals surface area contributed by atoms with Gasteiger partial charge in [-0.1, -0.05) is 0 Å². The number of alkyl halides is 3. The van der Waals surface area contributed by atoms with Crippen LogP contribution in [0.25, 0.3) is 0 Å².